The number of hydrogen-bond acceptors (Lipinski definition) is 1. The van der Waals surface area contributed by atoms with E-state index in [0.717, 1.165) is 0 Å². The second-order valence-electron chi connectivity index (χ2n) is 0.942. The van der Waals surface area contributed by atoms with Crippen LogP contribution in [0, 0.1) is 0 Å². The highest BCUT2D eigenvalue weighted by atomic mass is 35.5. The Labute approximate surface area is 47.3 Å². The molecule has 0 fully saturated rings. The highest BCUT2D eigenvalue weighted by Gasteiger charge is 1.70. The van der Waals surface area contributed by atoms with Crippen LogP contribution < -0.4 is 0 Å². The number of rotatable bonds is 2. The number of allylic oxidation sites excluding steroid dienone is 3. The molecule has 0 aromatic heterocycles. The van der Waals surface area contributed by atoms with Gasteiger partial charge >= 0.3 is 0 Å². The predicted octanol–water partition coefficient (Wildman–Crippen LogP) is 1.49. The molecule has 0 saturated carbocycles. The molecule has 0 N–H and O–H groups in total. The molecule has 0 radical (unpaired) electrons. The summed E-state index contributed by atoms with van der Waals surface area (Å²) in [6, 6.07) is 0. The normalized spacial score (nSPS) is 9.29. The van der Waals surface area contributed by atoms with E-state index in [4.69, 9.17) is 11.6 Å². The van der Waals surface area contributed by atoms with E-state index in [1.165, 1.54) is 12.2 Å². The molecule has 0 aromatic rings. The van der Waals surface area contributed by atoms with Crippen LogP contribution in [0.1, 0.15) is 0 Å². The molecule has 0 amide bonds. The molecule has 0 unspecified atom stereocenters. The molecule has 7 heavy (non-hydrogen) atoms. The molecule has 0 heterocycles. The van der Waals surface area contributed by atoms with Gasteiger partial charge in [-0.05, 0) is 12.2 Å². The lowest BCUT2D eigenvalue weighted by Crippen LogP contribution is -1.58. The Bertz CT molecular complexity index is 105. The molecule has 0 saturated heterocycles. The van der Waals surface area contributed by atoms with E-state index in [2.05, 4.69) is 6.58 Å². The maximum Gasteiger partial charge on any atom is 0.142 e. The largest absolute Gasteiger partial charge is 0.299 e. The molecule has 0 bridgehead atoms. The Hall–Kier alpha value is -0.560. The molecule has 0 aliphatic carbocycles. The van der Waals surface area contributed by atoms with Crippen LogP contribution >= 0.6 is 11.6 Å². The van der Waals surface area contributed by atoms with Gasteiger partial charge in [-0.2, -0.15) is 0 Å². The van der Waals surface area contributed by atoms with Crippen molar-refractivity contribution >= 4 is 17.9 Å². The molecule has 38 valence electrons. The van der Waals surface area contributed by atoms with Gasteiger partial charge in [0.15, 0.2) is 0 Å². The van der Waals surface area contributed by atoms with E-state index >= 15 is 0 Å². The topological polar surface area (TPSA) is 17.1 Å². The molecule has 1 nitrogen and oxygen atoms in total. The summed E-state index contributed by atoms with van der Waals surface area (Å²) in [5.41, 5.74) is 0. The third kappa shape index (κ3) is 5.44. The molecule has 0 aliphatic heterocycles. The standard InChI is InChI=1S/C5H5ClO/c1-5(6)3-2-4-7/h2-4H,1H2/b3-2+. The molecule has 2 heteroatoms. The van der Waals surface area contributed by atoms with Gasteiger partial charge in [0.2, 0.25) is 0 Å². The number of carbonyl (C=O) groups excluding carboxylic acids is 1. The number of halogens is 1. The Balaban J connectivity index is 3.46. The summed E-state index contributed by atoms with van der Waals surface area (Å²) in [4.78, 5) is 9.52. The molecule has 0 rings (SSSR count). The average Bonchev–Trinajstić information content (AvgIpc) is 1.61. The van der Waals surface area contributed by atoms with Crippen molar-refractivity contribution in [3.63, 3.8) is 0 Å². The maximum absolute atomic E-state index is 9.52. The number of aldehydes is 1. The van der Waals surface area contributed by atoms with Gasteiger partial charge in [0.25, 0.3) is 0 Å². The monoisotopic (exact) mass is 116 g/mol. The van der Waals surface area contributed by atoms with Crippen LogP contribution in [0.4, 0.5) is 0 Å². The first-order valence-corrected chi connectivity index (χ1v) is 2.11. The summed E-state index contributed by atoms with van der Waals surface area (Å²) in [6.45, 7) is 3.31. The van der Waals surface area contributed by atoms with Crippen molar-refractivity contribution < 1.29 is 4.79 Å². The van der Waals surface area contributed by atoms with Crippen LogP contribution in [-0.2, 0) is 4.79 Å². The second-order valence-corrected chi connectivity index (χ2v) is 1.43. The average molecular weight is 117 g/mol. The van der Waals surface area contributed by atoms with Crippen molar-refractivity contribution in [2.24, 2.45) is 0 Å². The van der Waals surface area contributed by atoms with Crippen LogP contribution in [0.2, 0.25) is 0 Å². The van der Waals surface area contributed by atoms with Crippen LogP contribution in [0.3, 0.4) is 0 Å². The summed E-state index contributed by atoms with van der Waals surface area (Å²) in [5, 5.41) is 0.368. The molecular formula is C5H5ClO. The minimum absolute atomic E-state index is 0.368. The zero-order valence-electron chi connectivity index (χ0n) is 3.73. The number of carbonyl (C=O) groups is 1. The smallest absolute Gasteiger partial charge is 0.142 e. The Kier molecular flexibility index (Phi) is 3.33. The maximum atomic E-state index is 9.52. The zero-order chi connectivity index (χ0) is 5.70. The van der Waals surface area contributed by atoms with Crippen molar-refractivity contribution in [3.05, 3.63) is 23.8 Å². The van der Waals surface area contributed by atoms with Crippen molar-refractivity contribution in [1.82, 2.24) is 0 Å². The second kappa shape index (κ2) is 3.62. The van der Waals surface area contributed by atoms with Crippen LogP contribution in [0.25, 0.3) is 0 Å². The fourth-order valence-corrected chi connectivity index (χ4v) is 0.216. The van der Waals surface area contributed by atoms with Gasteiger partial charge in [-0.25, -0.2) is 0 Å². The fraction of sp³-hybridized carbons (Fsp3) is 0. The fourth-order valence-electron chi connectivity index (χ4n) is 0.144. The van der Waals surface area contributed by atoms with Crippen LogP contribution in [0.15, 0.2) is 23.8 Å². The summed E-state index contributed by atoms with van der Waals surface area (Å²) >= 11 is 5.22. The van der Waals surface area contributed by atoms with Gasteiger partial charge in [0, 0.05) is 5.03 Å². The Morgan fingerprint density at radius 1 is 1.71 bits per heavy atom. The minimum Gasteiger partial charge on any atom is -0.299 e. The molecule has 0 aromatic carbocycles. The molecule has 0 aliphatic rings. The van der Waals surface area contributed by atoms with Crippen LogP contribution in [-0.4, -0.2) is 6.29 Å². The minimum atomic E-state index is 0.368. The molecular weight excluding hydrogens is 112 g/mol. The first kappa shape index (κ1) is 6.44. The van der Waals surface area contributed by atoms with E-state index in [0.29, 0.717) is 11.3 Å². The van der Waals surface area contributed by atoms with Crippen molar-refractivity contribution in [2.45, 2.75) is 0 Å². The highest BCUT2D eigenvalue weighted by molar-refractivity contribution is 6.30. The van der Waals surface area contributed by atoms with E-state index in [-0.39, 0.29) is 0 Å². The van der Waals surface area contributed by atoms with Gasteiger partial charge in [0.1, 0.15) is 6.29 Å². The van der Waals surface area contributed by atoms with Gasteiger partial charge in [-0.1, -0.05) is 18.2 Å². The first-order chi connectivity index (χ1) is 3.27. The van der Waals surface area contributed by atoms with E-state index in [1.54, 1.807) is 0 Å². The zero-order valence-corrected chi connectivity index (χ0v) is 4.48. The van der Waals surface area contributed by atoms with E-state index in [1.807, 2.05) is 0 Å². The third-order valence-electron chi connectivity index (χ3n) is 0.356. The van der Waals surface area contributed by atoms with Crippen molar-refractivity contribution in [2.75, 3.05) is 0 Å². The first-order valence-electron chi connectivity index (χ1n) is 1.73. The lowest BCUT2D eigenvalue weighted by Gasteiger charge is -1.72. The summed E-state index contributed by atoms with van der Waals surface area (Å²) in [5.74, 6) is 0. The van der Waals surface area contributed by atoms with E-state index < -0.39 is 0 Å². The lowest BCUT2D eigenvalue weighted by atomic mass is 10.5. The predicted molar refractivity (Wildman–Crippen MR) is 30.2 cm³/mol. The van der Waals surface area contributed by atoms with Gasteiger partial charge in [-0.15, -0.1) is 0 Å². The Morgan fingerprint density at radius 2 is 2.29 bits per heavy atom. The molecule has 0 atom stereocenters. The quantitative estimate of drug-likeness (QED) is 0.304. The summed E-state index contributed by atoms with van der Waals surface area (Å²) in [6.07, 6.45) is 3.36. The third-order valence-corrected chi connectivity index (χ3v) is 0.482. The van der Waals surface area contributed by atoms with Gasteiger partial charge in [-0.3, -0.25) is 4.79 Å². The van der Waals surface area contributed by atoms with Crippen molar-refractivity contribution in [3.8, 4) is 0 Å². The summed E-state index contributed by atoms with van der Waals surface area (Å²) < 4.78 is 0. The molecule has 0 spiro atoms. The highest BCUT2D eigenvalue weighted by Crippen LogP contribution is 1.95. The van der Waals surface area contributed by atoms with Crippen molar-refractivity contribution in [1.29, 1.82) is 0 Å². The SMILES string of the molecule is C=C(Cl)/C=C/C=O. The van der Waals surface area contributed by atoms with E-state index in [9.17, 15) is 4.79 Å². The summed E-state index contributed by atoms with van der Waals surface area (Å²) in [7, 11) is 0. The lowest BCUT2D eigenvalue weighted by molar-refractivity contribution is -0.104. The van der Waals surface area contributed by atoms with Gasteiger partial charge < -0.3 is 0 Å². The van der Waals surface area contributed by atoms with Crippen LogP contribution in [0.5, 0.6) is 0 Å². The number of hydrogen-bond donors (Lipinski definition) is 0. The van der Waals surface area contributed by atoms with Gasteiger partial charge in [0.05, 0.1) is 0 Å². The Morgan fingerprint density at radius 3 is 2.43 bits per heavy atom.